The van der Waals surface area contributed by atoms with Crippen LogP contribution in [0.1, 0.15) is 65.9 Å². The van der Waals surface area contributed by atoms with Crippen molar-refractivity contribution in [2.45, 2.75) is 97.1 Å². The van der Waals surface area contributed by atoms with Crippen LogP contribution in [0.15, 0.2) is 30.3 Å². The van der Waals surface area contributed by atoms with E-state index in [0.717, 1.165) is 18.4 Å². The third-order valence-electron chi connectivity index (χ3n) is 9.84. The average molecular weight is 647 g/mol. The fourth-order valence-corrected chi connectivity index (χ4v) is 6.96. The number of likely N-dealkylation sites (N-methyl/N-ethyl adjacent to an activating group) is 2. The molecule has 1 fully saturated rings. The van der Waals surface area contributed by atoms with Crippen LogP contribution in [0.2, 0.25) is 0 Å². The van der Waals surface area contributed by atoms with E-state index in [9.17, 15) is 24.3 Å². The van der Waals surface area contributed by atoms with Crippen molar-refractivity contribution in [2.24, 2.45) is 23.7 Å². The lowest BCUT2D eigenvalue weighted by Gasteiger charge is -2.40. The summed E-state index contributed by atoms with van der Waals surface area (Å²) in [5.74, 6) is -2.48. The predicted molar refractivity (Wildman–Crippen MR) is 178 cm³/mol. The SMILES string of the molecule is CCC(C)C(C(CC(=O)N1CCCC1C(OC)C(C)C(Cc1ccccc1)C(=O)O)OC)N(C)C(=O)CNC(=O)C(NC)C(C)C. The van der Waals surface area contributed by atoms with Gasteiger partial charge in [0.25, 0.3) is 0 Å². The zero-order valence-corrected chi connectivity index (χ0v) is 29.3. The van der Waals surface area contributed by atoms with Gasteiger partial charge >= 0.3 is 5.97 Å². The number of hydrogen-bond acceptors (Lipinski definition) is 7. The number of ether oxygens (including phenoxy) is 2. The summed E-state index contributed by atoms with van der Waals surface area (Å²) in [6.45, 7) is 10.2. The van der Waals surface area contributed by atoms with Gasteiger partial charge in [-0.25, -0.2) is 0 Å². The molecule has 1 aliphatic rings. The Kier molecular flexibility index (Phi) is 16.1. The second-order valence-electron chi connectivity index (χ2n) is 13.1. The van der Waals surface area contributed by atoms with E-state index in [0.29, 0.717) is 19.4 Å². The van der Waals surface area contributed by atoms with Crippen LogP contribution in [-0.2, 0) is 35.1 Å². The molecular formula is C35H58N4O7. The van der Waals surface area contributed by atoms with Gasteiger partial charge in [0.15, 0.2) is 0 Å². The van der Waals surface area contributed by atoms with Gasteiger partial charge in [-0.05, 0) is 49.6 Å². The van der Waals surface area contributed by atoms with E-state index in [1.165, 1.54) is 0 Å². The van der Waals surface area contributed by atoms with E-state index >= 15 is 0 Å². The first-order valence-corrected chi connectivity index (χ1v) is 16.6. The smallest absolute Gasteiger partial charge is 0.307 e. The molecule has 3 amide bonds. The van der Waals surface area contributed by atoms with E-state index in [-0.39, 0.29) is 54.5 Å². The number of rotatable bonds is 19. The molecule has 260 valence electrons. The quantitative estimate of drug-likeness (QED) is 0.209. The normalized spacial score (nSPS) is 19.5. The number of carbonyl (C=O) groups is 4. The van der Waals surface area contributed by atoms with Crippen molar-refractivity contribution >= 4 is 23.7 Å². The van der Waals surface area contributed by atoms with Crippen molar-refractivity contribution in [2.75, 3.05) is 41.4 Å². The third-order valence-corrected chi connectivity index (χ3v) is 9.84. The molecule has 8 unspecified atom stereocenters. The van der Waals surface area contributed by atoms with Crippen molar-refractivity contribution in [3.63, 3.8) is 0 Å². The highest BCUT2D eigenvalue weighted by atomic mass is 16.5. The lowest BCUT2D eigenvalue weighted by molar-refractivity contribution is -0.148. The number of nitrogens with one attached hydrogen (secondary N) is 2. The van der Waals surface area contributed by atoms with Gasteiger partial charge in [-0.2, -0.15) is 0 Å². The van der Waals surface area contributed by atoms with Crippen LogP contribution in [0.25, 0.3) is 0 Å². The first-order chi connectivity index (χ1) is 21.8. The first kappa shape index (κ1) is 39.2. The number of benzene rings is 1. The molecule has 1 aliphatic heterocycles. The monoisotopic (exact) mass is 646 g/mol. The van der Waals surface area contributed by atoms with Gasteiger partial charge in [-0.1, -0.05) is 71.4 Å². The van der Waals surface area contributed by atoms with Crippen LogP contribution >= 0.6 is 0 Å². The Labute approximate surface area is 275 Å². The van der Waals surface area contributed by atoms with Crippen LogP contribution in [-0.4, -0.2) is 110 Å². The Balaban J connectivity index is 2.21. The zero-order valence-electron chi connectivity index (χ0n) is 29.3. The first-order valence-electron chi connectivity index (χ1n) is 16.6. The molecule has 0 bridgehead atoms. The molecule has 0 radical (unpaired) electrons. The standard InChI is InChI=1S/C35H58N4O7/c1-10-23(4)32(38(7)30(41)21-37-34(42)31(36-6)22(2)3)28(45-8)20-29(40)39-18-14-17-27(39)33(46-9)24(5)26(35(43)44)19-25-15-12-11-13-16-25/h11-13,15-16,22-24,26-28,31-33,36H,10,14,17-21H2,1-9H3,(H,37,42)(H,43,44). The summed E-state index contributed by atoms with van der Waals surface area (Å²) in [7, 11) is 6.54. The Bertz CT molecular complexity index is 1120. The Morgan fingerprint density at radius 1 is 1.07 bits per heavy atom. The second-order valence-corrected chi connectivity index (χ2v) is 13.1. The molecule has 3 N–H and O–H groups in total. The number of likely N-dealkylation sites (tertiary alicyclic amines) is 1. The van der Waals surface area contributed by atoms with Crippen LogP contribution in [0, 0.1) is 23.7 Å². The molecule has 2 rings (SSSR count). The highest BCUT2D eigenvalue weighted by Crippen LogP contribution is 2.32. The summed E-state index contributed by atoms with van der Waals surface area (Å²) >= 11 is 0. The van der Waals surface area contributed by atoms with E-state index < -0.39 is 36.2 Å². The number of carbonyl (C=O) groups excluding carboxylic acids is 3. The highest BCUT2D eigenvalue weighted by molar-refractivity contribution is 5.87. The number of nitrogens with zero attached hydrogens (tertiary/aromatic N) is 2. The van der Waals surface area contributed by atoms with Crippen LogP contribution < -0.4 is 10.6 Å². The van der Waals surface area contributed by atoms with Gasteiger partial charge in [0, 0.05) is 27.8 Å². The molecule has 0 aliphatic carbocycles. The maximum Gasteiger partial charge on any atom is 0.307 e. The maximum absolute atomic E-state index is 14.0. The molecule has 1 heterocycles. The number of carboxylic acids is 1. The third kappa shape index (κ3) is 10.2. The van der Waals surface area contributed by atoms with Crippen molar-refractivity contribution in [3.8, 4) is 0 Å². The number of carboxylic acid groups (broad SMARTS) is 1. The lowest BCUT2D eigenvalue weighted by Crippen LogP contribution is -2.55. The molecule has 0 saturated carbocycles. The van der Waals surface area contributed by atoms with Crippen LogP contribution in [0.4, 0.5) is 0 Å². The van der Waals surface area contributed by atoms with Crippen LogP contribution in [0.5, 0.6) is 0 Å². The topological polar surface area (TPSA) is 138 Å². The fraction of sp³-hybridized carbons (Fsp3) is 0.714. The number of methoxy groups -OCH3 is 2. The average Bonchev–Trinajstić information content (AvgIpc) is 3.52. The molecule has 11 nitrogen and oxygen atoms in total. The molecule has 8 atom stereocenters. The molecule has 1 aromatic rings. The van der Waals surface area contributed by atoms with E-state index in [2.05, 4.69) is 10.6 Å². The molecular weight excluding hydrogens is 588 g/mol. The number of hydrogen-bond donors (Lipinski definition) is 3. The minimum Gasteiger partial charge on any atom is -0.481 e. The van der Waals surface area contributed by atoms with Crippen LogP contribution in [0.3, 0.4) is 0 Å². The summed E-state index contributed by atoms with van der Waals surface area (Å²) in [5.41, 5.74) is 0.940. The molecule has 46 heavy (non-hydrogen) atoms. The Morgan fingerprint density at radius 2 is 1.72 bits per heavy atom. The van der Waals surface area contributed by atoms with Gasteiger partial charge in [-0.15, -0.1) is 0 Å². The lowest BCUT2D eigenvalue weighted by atomic mass is 9.81. The predicted octanol–water partition coefficient (Wildman–Crippen LogP) is 3.21. The molecule has 1 aromatic carbocycles. The maximum atomic E-state index is 14.0. The Morgan fingerprint density at radius 3 is 2.24 bits per heavy atom. The van der Waals surface area contributed by atoms with Gasteiger partial charge in [-0.3, -0.25) is 19.2 Å². The van der Waals surface area contributed by atoms with E-state index in [4.69, 9.17) is 9.47 Å². The second kappa shape index (κ2) is 19.0. The summed E-state index contributed by atoms with van der Waals surface area (Å²) in [6.07, 6.45) is 1.62. The minimum absolute atomic E-state index is 0.0126. The van der Waals surface area contributed by atoms with Gasteiger partial charge in [0.2, 0.25) is 17.7 Å². The van der Waals surface area contributed by atoms with Gasteiger partial charge in [0.1, 0.15) is 0 Å². The Hall–Kier alpha value is -3.02. The fourth-order valence-electron chi connectivity index (χ4n) is 6.96. The van der Waals surface area contributed by atoms with Crippen molar-refractivity contribution < 1.29 is 33.8 Å². The molecule has 0 spiro atoms. The summed E-state index contributed by atoms with van der Waals surface area (Å²) in [5, 5.41) is 15.9. The molecule has 1 saturated heterocycles. The number of amides is 3. The minimum atomic E-state index is -0.889. The summed E-state index contributed by atoms with van der Waals surface area (Å²) < 4.78 is 11.9. The zero-order chi connectivity index (χ0) is 34.6. The molecule has 11 heteroatoms. The van der Waals surface area contributed by atoms with Crippen molar-refractivity contribution in [3.05, 3.63) is 35.9 Å². The largest absolute Gasteiger partial charge is 0.481 e. The van der Waals surface area contributed by atoms with Crippen molar-refractivity contribution in [1.29, 1.82) is 0 Å². The summed E-state index contributed by atoms with van der Waals surface area (Å²) in [6, 6.07) is 8.45. The highest BCUT2D eigenvalue weighted by Gasteiger charge is 2.43. The molecule has 0 aromatic heterocycles. The van der Waals surface area contributed by atoms with E-state index in [1.807, 2.05) is 69.9 Å². The van der Waals surface area contributed by atoms with Gasteiger partial charge in [0.05, 0.1) is 49.2 Å². The van der Waals surface area contributed by atoms with Crippen molar-refractivity contribution in [1.82, 2.24) is 20.4 Å². The summed E-state index contributed by atoms with van der Waals surface area (Å²) in [4.78, 5) is 55.8. The number of aliphatic carboxylic acids is 1. The van der Waals surface area contributed by atoms with E-state index in [1.54, 1.807) is 33.2 Å². The van der Waals surface area contributed by atoms with Gasteiger partial charge < -0.3 is 35.0 Å².